The van der Waals surface area contributed by atoms with Crippen LogP contribution >= 0.6 is 0 Å². The second-order valence-corrected chi connectivity index (χ2v) is 4.21. The van der Waals surface area contributed by atoms with Crippen LogP contribution < -0.4 is 5.73 Å². The second-order valence-electron chi connectivity index (χ2n) is 4.21. The Bertz CT molecular complexity index is 370. The van der Waals surface area contributed by atoms with E-state index in [-0.39, 0.29) is 11.5 Å². The summed E-state index contributed by atoms with van der Waals surface area (Å²) in [5.41, 5.74) is 6.42. The van der Waals surface area contributed by atoms with Gasteiger partial charge in [-0.15, -0.1) is 0 Å². The van der Waals surface area contributed by atoms with Gasteiger partial charge in [0.05, 0.1) is 18.9 Å². The zero-order valence-electron chi connectivity index (χ0n) is 9.45. The zero-order valence-corrected chi connectivity index (χ0v) is 9.45. The van der Waals surface area contributed by atoms with Crippen LogP contribution in [-0.4, -0.2) is 30.7 Å². The highest BCUT2D eigenvalue weighted by atomic mass is 19.1. The van der Waals surface area contributed by atoms with Gasteiger partial charge in [-0.05, 0) is 13.0 Å². The molecule has 0 saturated carbocycles. The Morgan fingerprint density at radius 2 is 2.38 bits per heavy atom. The highest BCUT2D eigenvalue weighted by Gasteiger charge is 2.20. The lowest BCUT2D eigenvalue weighted by Gasteiger charge is -2.33. The second kappa shape index (κ2) is 4.80. The molecule has 1 saturated heterocycles. The lowest BCUT2D eigenvalue weighted by atomic mass is 10.1. The molecule has 1 aliphatic heterocycles. The Morgan fingerprint density at radius 1 is 1.56 bits per heavy atom. The molecular formula is C12H17FN2O. The summed E-state index contributed by atoms with van der Waals surface area (Å²) in [6.07, 6.45) is 0. The SMILES string of the molecule is CC1COCCN1Cc1cccc(N)c1F. The van der Waals surface area contributed by atoms with Gasteiger partial charge in [0.2, 0.25) is 0 Å². The molecule has 1 unspecified atom stereocenters. The van der Waals surface area contributed by atoms with Gasteiger partial charge in [-0.1, -0.05) is 12.1 Å². The Labute approximate surface area is 95.0 Å². The monoisotopic (exact) mass is 224 g/mol. The number of nitrogen functional groups attached to an aromatic ring is 1. The average Bonchev–Trinajstić information content (AvgIpc) is 2.28. The van der Waals surface area contributed by atoms with Gasteiger partial charge >= 0.3 is 0 Å². The van der Waals surface area contributed by atoms with Gasteiger partial charge in [0, 0.05) is 24.7 Å². The number of anilines is 1. The molecule has 1 aromatic rings. The summed E-state index contributed by atoms with van der Waals surface area (Å²) in [6, 6.07) is 5.49. The summed E-state index contributed by atoms with van der Waals surface area (Å²) in [6.45, 7) is 4.96. The fraction of sp³-hybridized carbons (Fsp3) is 0.500. The van der Waals surface area contributed by atoms with Gasteiger partial charge in [-0.3, -0.25) is 4.90 Å². The molecule has 0 radical (unpaired) electrons. The Balaban J connectivity index is 2.10. The number of halogens is 1. The minimum absolute atomic E-state index is 0.221. The van der Waals surface area contributed by atoms with Crippen molar-refractivity contribution >= 4 is 5.69 Å². The highest BCUT2D eigenvalue weighted by molar-refractivity contribution is 5.42. The van der Waals surface area contributed by atoms with Crippen LogP contribution in [0, 0.1) is 5.82 Å². The van der Waals surface area contributed by atoms with Gasteiger partial charge in [0.25, 0.3) is 0 Å². The molecular weight excluding hydrogens is 207 g/mol. The summed E-state index contributed by atoms with van der Waals surface area (Å²) in [5, 5.41) is 0. The molecule has 2 N–H and O–H groups in total. The van der Waals surface area contributed by atoms with Crippen molar-refractivity contribution in [3.8, 4) is 0 Å². The zero-order chi connectivity index (χ0) is 11.5. The van der Waals surface area contributed by atoms with Crippen LogP contribution in [0.1, 0.15) is 12.5 Å². The molecule has 3 nitrogen and oxygen atoms in total. The van der Waals surface area contributed by atoms with E-state index in [0.29, 0.717) is 31.4 Å². The van der Waals surface area contributed by atoms with Crippen molar-refractivity contribution in [1.29, 1.82) is 0 Å². The Hall–Kier alpha value is -1.13. The van der Waals surface area contributed by atoms with E-state index >= 15 is 0 Å². The van der Waals surface area contributed by atoms with Gasteiger partial charge in [-0.2, -0.15) is 0 Å². The molecule has 0 bridgehead atoms. The number of nitrogens with two attached hydrogens (primary N) is 1. The molecule has 88 valence electrons. The number of hydrogen-bond acceptors (Lipinski definition) is 3. The largest absolute Gasteiger partial charge is 0.396 e. The Kier molecular flexibility index (Phi) is 3.41. The Morgan fingerprint density at radius 3 is 3.12 bits per heavy atom. The lowest BCUT2D eigenvalue weighted by molar-refractivity contribution is -0.00478. The first-order valence-corrected chi connectivity index (χ1v) is 5.53. The van der Waals surface area contributed by atoms with Gasteiger partial charge < -0.3 is 10.5 Å². The van der Waals surface area contributed by atoms with Crippen LogP contribution in [0.15, 0.2) is 18.2 Å². The van der Waals surface area contributed by atoms with E-state index in [0.717, 1.165) is 6.54 Å². The van der Waals surface area contributed by atoms with Crippen molar-refractivity contribution < 1.29 is 9.13 Å². The molecule has 1 heterocycles. The number of rotatable bonds is 2. The summed E-state index contributed by atoms with van der Waals surface area (Å²) in [5.74, 6) is -0.291. The van der Waals surface area contributed by atoms with E-state index < -0.39 is 0 Å². The van der Waals surface area contributed by atoms with Crippen LogP contribution in [0.2, 0.25) is 0 Å². The molecule has 1 atom stereocenters. The van der Waals surface area contributed by atoms with Crippen molar-refractivity contribution in [3.63, 3.8) is 0 Å². The predicted octanol–water partition coefficient (Wildman–Crippen LogP) is 1.63. The van der Waals surface area contributed by atoms with E-state index in [4.69, 9.17) is 10.5 Å². The number of ether oxygens (including phenoxy) is 1. The van der Waals surface area contributed by atoms with Crippen molar-refractivity contribution in [2.45, 2.75) is 19.5 Å². The number of morpholine rings is 1. The molecule has 1 aliphatic rings. The van der Waals surface area contributed by atoms with E-state index in [9.17, 15) is 4.39 Å². The van der Waals surface area contributed by atoms with E-state index in [1.54, 1.807) is 18.2 Å². The molecule has 1 fully saturated rings. The quantitative estimate of drug-likeness (QED) is 0.776. The van der Waals surface area contributed by atoms with Crippen LogP contribution in [0.25, 0.3) is 0 Å². The first-order chi connectivity index (χ1) is 7.68. The predicted molar refractivity (Wildman–Crippen MR) is 61.5 cm³/mol. The number of hydrogen-bond donors (Lipinski definition) is 1. The summed E-state index contributed by atoms with van der Waals surface area (Å²) >= 11 is 0. The molecule has 0 spiro atoms. The third-order valence-electron chi connectivity index (χ3n) is 2.99. The van der Waals surface area contributed by atoms with Crippen LogP contribution in [0.3, 0.4) is 0 Å². The maximum atomic E-state index is 13.7. The van der Waals surface area contributed by atoms with E-state index in [1.807, 2.05) is 0 Å². The van der Waals surface area contributed by atoms with Crippen LogP contribution in [0.5, 0.6) is 0 Å². The van der Waals surface area contributed by atoms with E-state index in [1.165, 1.54) is 0 Å². The molecule has 4 heteroatoms. The lowest BCUT2D eigenvalue weighted by Crippen LogP contribution is -2.43. The minimum atomic E-state index is -0.291. The maximum Gasteiger partial charge on any atom is 0.150 e. The van der Waals surface area contributed by atoms with Crippen LogP contribution in [-0.2, 0) is 11.3 Å². The highest BCUT2D eigenvalue weighted by Crippen LogP contribution is 2.18. The standard InChI is InChI=1S/C12H17FN2O/c1-9-8-16-6-5-15(9)7-10-3-2-4-11(14)12(10)13/h2-4,9H,5-8,14H2,1H3. The van der Waals surface area contributed by atoms with Crippen molar-refractivity contribution in [3.05, 3.63) is 29.6 Å². The van der Waals surface area contributed by atoms with Gasteiger partial charge in [0.1, 0.15) is 0 Å². The first-order valence-electron chi connectivity index (χ1n) is 5.53. The molecule has 0 aliphatic carbocycles. The van der Waals surface area contributed by atoms with E-state index in [2.05, 4.69) is 11.8 Å². The third kappa shape index (κ3) is 2.33. The van der Waals surface area contributed by atoms with Crippen LogP contribution in [0.4, 0.5) is 10.1 Å². The topological polar surface area (TPSA) is 38.5 Å². The number of benzene rings is 1. The summed E-state index contributed by atoms with van der Waals surface area (Å²) in [7, 11) is 0. The first kappa shape index (κ1) is 11.4. The molecule has 0 amide bonds. The van der Waals surface area contributed by atoms with Gasteiger partial charge in [-0.25, -0.2) is 4.39 Å². The molecule has 0 aromatic heterocycles. The average molecular weight is 224 g/mol. The fourth-order valence-corrected chi connectivity index (χ4v) is 1.94. The summed E-state index contributed by atoms with van der Waals surface area (Å²) in [4.78, 5) is 2.21. The molecule has 16 heavy (non-hydrogen) atoms. The fourth-order valence-electron chi connectivity index (χ4n) is 1.94. The summed E-state index contributed by atoms with van der Waals surface area (Å²) < 4.78 is 19.0. The minimum Gasteiger partial charge on any atom is -0.396 e. The molecule has 1 aromatic carbocycles. The normalized spacial score (nSPS) is 22.2. The maximum absolute atomic E-state index is 13.7. The van der Waals surface area contributed by atoms with Crippen molar-refractivity contribution in [1.82, 2.24) is 4.90 Å². The third-order valence-corrected chi connectivity index (χ3v) is 2.99. The van der Waals surface area contributed by atoms with Crippen molar-refractivity contribution in [2.75, 3.05) is 25.5 Å². The molecule has 2 rings (SSSR count). The number of nitrogens with zero attached hydrogens (tertiary/aromatic N) is 1. The van der Waals surface area contributed by atoms with Crippen molar-refractivity contribution in [2.24, 2.45) is 0 Å². The smallest absolute Gasteiger partial charge is 0.150 e. The van der Waals surface area contributed by atoms with Gasteiger partial charge in [0.15, 0.2) is 5.82 Å².